The molecule has 0 fully saturated rings. The summed E-state index contributed by atoms with van der Waals surface area (Å²) in [6, 6.07) is 4.20. The predicted octanol–water partition coefficient (Wildman–Crippen LogP) is 1.51. The number of rotatable bonds is 7. The van der Waals surface area contributed by atoms with Crippen molar-refractivity contribution >= 4 is 22.0 Å². The Morgan fingerprint density at radius 2 is 1.94 bits per heavy atom. The second-order valence-corrected chi connectivity index (χ2v) is 5.19. The molecule has 1 atom stereocenters. The first kappa shape index (κ1) is 14.2. The molecule has 0 bridgehead atoms. The van der Waals surface area contributed by atoms with Crippen LogP contribution < -0.4 is 4.72 Å². The fourth-order valence-corrected chi connectivity index (χ4v) is 2.45. The summed E-state index contributed by atoms with van der Waals surface area (Å²) in [4.78, 5) is 20.8. The van der Waals surface area contributed by atoms with Crippen LogP contribution in [-0.2, 0) is 14.8 Å². The molecule has 1 aromatic rings. The van der Waals surface area contributed by atoms with Crippen molar-refractivity contribution in [3.8, 4) is 0 Å². The number of nitrogens with one attached hydrogen (secondary N) is 1. The van der Waals surface area contributed by atoms with Gasteiger partial charge in [-0.15, -0.1) is 11.5 Å². The van der Waals surface area contributed by atoms with Gasteiger partial charge in [0.05, 0.1) is 10.9 Å². The maximum atomic E-state index is 11.9. The molecule has 0 aliphatic rings. The largest absolute Gasteiger partial charge is 0.302 e. The van der Waals surface area contributed by atoms with Crippen LogP contribution in [0.4, 0.5) is 5.69 Å². The lowest BCUT2D eigenvalue weighted by Crippen LogP contribution is -2.35. The number of nitrogens with zero attached hydrogens (tertiary/aromatic N) is 1. The first-order valence-electron chi connectivity index (χ1n) is 5.05. The van der Waals surface area contributed by atoms with Crippen molar-refractivity contribution in [2.75, 3.05) is 0 Å². The lowest BCUT2D eigenvalue weighted by Gasteiger charge is -2.11. The number of hydrogen-bond donors (Lipinski definition) is 1. The van der Waals surface area contributed by atoms with E-state index in [-0.39, 0.29) is 17.0 Å². The van der Waals surface area contributed by atoms with Crippen molar-refractivity contribution < 1.29 is 13.2 Å². The van der Waals surface area contributed by atoms with E-state index in [1.807, 2.05) is 0 Å². The third-order valence-electron chi connectivity index (χ3n) is 2.14. The highest BCUT2D eigenvalue weighted by atomic mass is 32.2. The number of aldehydes is 1. The molecule has 0 aliphatic heterocycles. The molecule has 0 aliphatic carbocycles. The maximum absolute atomic E-state index is 11.9. The summed E-state index contributed by atoms with van der Waals surface area (Å²) in [5.41, 5.74) is 0.131. The normalized spacial score (nSPS) is 12.7. The van der Waals surface area contributed by atoms with Crippen molar-refractivity contribution in [3.05, 3.63) is 41.8 Å². The number of hydrogen-bond acceptors (Lipinski definition) is 5. The van der Waals surface area contributed by atoms with E-state index < -0.39 is 16.1 Å². The number of benzene rings is 1. The van der Waals surface area contributed by atoms with Crippen LogP contribution in [0.2, 0.25) is 0 Å². The Morgan fingerprint density at radius 3 is 2.39 bits per heavy atom. The highest BCUT2D eigenvalue weighted by Gasteiger charge is 2.18. The van der Waals surface area contributed by atoms with Gasteiger partial charge in [0.25, 0.3) is 0 Å². The molecule has 0 saturated carbocycles. The summed E-state index contributed by atoms with van der Waals surface area (Å²) in [5, 5.41) is 2.67. The van der Waals surface area contributed by atoms with Crippen LogP contribution in [0, 0.1) is 4.91 Å². The summed E-state index contributed by atoms with van der Waals surface area (Å²) in [6.45, 7) is 3.43. The first-order valence-corrected chi connectivity index (χ1v) is 6.53. The van der Waals surface area contributed by atoms with E-state index in [0.717, 1.165) is 0 Å². The SMILES string of the molecule is C=CCC(C=O)NS(=O)(=O)c1ccc(N=O)cc1. The number of carbonyl (C=O) groups excluding carboxylic acids is 1. The van der Waals surface area contributed by atoms with Gasteiger partial charge in [0.15, 0.2) is 0 Å². The zero-order valence-electron chi connectivity index (χ0n) is 9.44. The van der Waals surface area contributed by atoms with Crippen LogP contribution in [0.15, 0.2) is 47.0 Å². The molecule has 0 amide bonds. The molecule has 0 spiro atoms. The fraction of sp³-hybridized carbons (Fsp3) is 0.182. The second-order valence-electron chi connectivity index (χ2n) is 3.47. The number of carbonyl (C=O) groups is 1. The minimum absolute atomic E-state index is 0.0363. The van der Waals surface area contributed by atoms with Crippen LogP contribution in [0.25, 0.3) is 0 Å². The molecule has 0 aromatic heterocycles. The van der Waals surface area contributed by atoms with Gasteiger partial charge in [-0.1, -0.05) is 6.08 Å². The van der Waals surface area contributed by atoms with Gasteiger partial charge < -0.3 is 4.79 Å². The minimum atomic E-state index is -3.79. The molecule has 0 saturated heterocycles. The summed E-state index contributed by atoms with van der Waals surface area (Å²) in [6.07, 6.45) is 2.15. The Morgan fingerprint density at radius 1 is 1.33 bits per heavy atom. The molecule has 96 valence electrons. The van der Waals surface area contributed by atoms with E-state index in [9.17, 15) is 18.1 Å². The van der Waals surface area contributed by atoms with E-state index in [0.29, 0.717) is 6.29 Å². The molecule has 18 heavy (non-hydrogen) atoms. The monoisotopic (exact) mass is 268 g/mol. The number of sulfonamides is 1. The van der Waals surface area contributed by atoms with Crippen LogP contribution in [0.5, 0.6) is 0 Å². The minimum Gasteiger partial charge on any atom is -0.302 e. The Balaban J connectivity index is 2.94. The Hall–Kier alpha value is -1.86. The molecular weight excluding hydrogens is 256 g/mol. The van der Waals surface area contributed by atoms with Crippen LogP contribution in [0.3, 0.4) is 0 Å². The smallest absolute Gasteiger partial charge is 0.241 e. The molecule has 0 radical (unpaired) electrons. The van der Waals surface area contributed by atoms with E-state index in [1.54, 1.807) is 0 Å². The van der Waals surface area contributed by atoms with Crippen molar-refractivity contribution in [1.82, 2.24) is 4.72 Å². The maximum Gasteiger partial charge on any atom is 0.241 e. The Bertz CT molecular complexity index is 537. The van der Waals surface area contributed by atoms with Crippen molar-refractivity contribution in [2.45, 2.75) is 17.4 Å². The zero-order chi connectivity index (χ0) is 13.6. The van der Waals surface area contributed by atoms with Crippen molar-refractivity contribution in [2.24, 2.45) is 5.18 Å². The van der Waals surface area contributed by atoms with E-state index in [4.69, 9.17) is 0 Å². The summed E-state index contributed by atoms with van der Waals surface area (Å²) < 4.78 is 25.9. The Kier molecular flexibility index (Phi) is 4.87. The van der Waals surface area contributed by atoms with Gasteiger partial charge in [-0.3, -0.25) is 0 Å². The molecule has 1 unspecified atom stereocenters. The second kappa shape index (κ2) is 6.18. The highest BCUT2D eigenvalue weighted by molar-refractivity contribution is 7.89. The molecular formula is C11H12N2O4S. The van der Waals surface area contributed by atoms with Crippen LogP contribution in [-0.4, -0.2) is 20.7 Å². The third kappa shape index (κ3) is 3.57. The van der Waals surface area contributed by atoms with Gasteiger partial charge in [-0.25, -0.2) is 13.1 Å². The molecule has 1 N–H and O–H groups in total. The summed E-state index contributed by atoms with van der Waals surface area (Å²) in [5.74, 6) is 0. The standard InChI is InChI=1S/C11H12N2O4S/c1-2-3-10(8-14)13-18(16,17)11-6-4-9(12-15)5-7-11/h2,4-8,10,13H,1,3H2. The number of nitroso groups, excluding NO2 is 1. The van der Waals surface area contributed by atoms with Crippen molar-refractivity contribution in [3.63, 3.8) is 0 Å². The lowest BCUT2D eigenvalue weighted by molar-refractivity contribution is -0.109. The predicted molar refractivity (Wildman–Crippen MR) is 66.9 cm³/mol. The van der Waals surface area contributed by atoms with E-state index >= 15 is 0 Å². The lowest BCUT2D eigenvalue weighted by atomic mass is 10.2. The molecule has 7 heteroatoms. The highest BCUT2D eigenvalue weighted by Crippen LogP contribution is 2.16. The fourth-order valence-electron chi connectivity index (χ4n) is 1.26. The summed E-state index contributed by atoms with van der Waals surface area (Å²) >= 11 is 0. The van der Waals surface area contributed by atoms with Gasteiger partial charge >= 0.3 is 0 Å². The third-order valence-corrected chi connectivity index (χ3v) is 3.65. The molecule has 6 nitrogen and oxygen atoms in total. The van der Waals surface area contributed by atoms with Crippen LogP contribution in [0.1, 0.15) is 6.42 Å². The molecule has 1 rings (SSSR count). The van der Waals surface area contributed by atoms with E-state index in [1.165, 1.54) is 30.3 Å². The van der Waals surface area contributed by atoms with Crippen molar-refractivity contribution in [1.29, 1.82) is 0 Å². The average molecular weight is 268 g/mol. The van der Waals surface area contributed by atoms with Gasteiger partial charge in [0.1, 0.15) is 12.0 Å². The zero-order valence-corrected chi connectivity index (χ0v) is 10.3. The van der Waals surface area contributed by atoms with Gasteiger partial charge in [0, 0.05) is 0 Å². The Labute approximate surface area is 105 Å². The van der Waals surface area contributed by atoms with Gasteiger partial charge in [0.2, 0.25) is 10.0 Å². The average Bonchev–Trinajstić information content (AvgIpc) is 2.38. The van der Waals surface area contributed by atoms with E-state index in [2.05, 4.69) is 16.5 Å². The van der Waals surface area contributed by atoms with Gasteiger partial charge in [-0.05, 0) is 35.9 Å². The molecule has 1 aromatic carbocycles. The molecule has 0 heterocycles. The van der Waals surface area contributed by atoms with Crippen LogP contribution >= 0.6 is 0 Å². The first-order chi connectivity index (χ1) is 8.53. The van der Waals surface area contributed by atoms with Gasteiger partial charge in [-0.2, -0.15) is 0 Å². The summed E-state index contributed by atoms with van der Waals surface area (Å²) in [7, 11) is -3.79. The quantitative estimate of drug-likeness (QED) is 0.461. The topological polar surface area (TPSA) is 92.7 Å².